The van der Waals surface area contributed by atoms with Gasteiger partial charge in [0.2, 0.25) is 0 Å². The van der Waals surface area contributed by atoms with Crippen molar-refractivity contribution in [2.24, 2.45) is 5.92 Å². The first-order chi connectivity index (χ1) is 9.56. The summed E-state index contributed by atoms with van der Waals surface area (Å²) in [4.78, 5) is 11.9. The number of hydrogen-bond acceptors (Lipinski definition) is 2. The van der Waals surface area contributed by atoms with E-state index in [2.05, 4.69) is 12.2 Å². The van der Waals surface area contributed by atoms with Crippen molar-refractivity contribution < 1.29 is 9.53 Å². The molecule has 1 aromatic rings. The molecule has 0 aromatic heterocycles. The zero-order valence-corrected chi connectivity index (χ0v) is 13.0. The fourth-order valence-corrected chi connectivity index (χ4v) is 2.84. The molecular formula is C15H19Cl2NO2. The van der Waals surface area contributed by atoms with Gasteiger partial charge in [0.15, 0.2) is 6.61 Å². The average Bonchev–Trinajstić information content (AvgIpc) is 2.42. The molecule has 3 nitrogen and oxygen atoms in total. The van der Waals surface area contributed by atoms with Gasteiger partial charge in [0.1, 0.15) is 5.75 Å². The minimum atomic E-state index is -0.111. The van der Waals surface area contributed by atoms with Crippen LogP contribution in [0.5, 0.6) is 5.75 Å². The number of hydrogen-bond donors (Lipinski definition) is 1. The molecule has 2 atom stereocenters. The Hall–Kier alpha value is -0.930. The highest BCUT2D eigenvalue weighted by atomic mass is 35.5. The van der Waals surface area contributed by atoms with E-state index < -0.39 is 0 Å². The number of amides is 1. The van der Waals surface area contributed by atoms with Crippen LogP contribution in [-0.2, 0) is 4.79 Å². The molecule has 110 valence electrons. The van der Waals surface area contributed by atoms with E-state index in [4.69, 9.17) is 27.9 Å². The highest BCUT2D eigenvalue weighted by molar-refractivity contribution is 6.34. The second kappa shape index (κ2) is 7.19. The molecule has 0 bridgehead atoms. The Balaban J connectivity index is 1.84. The highest BCUT2D eigenvalue weighted by Gasteiger charge is 2.22. The lowest BCUT2D eigenvalue weighted by Gasteiger charge is -2.29. The molecule has 1 aliphatic rings. The van der Waals surface area contributed by atoms with Gasteiger partial charge in [0, 0.05) is 17.1 Å². The second-order valence-corrected chi connectivity index (χ2v) is 6.14. The van der Waals surface area contributed by atoms with Crippen molar-refractivity contribution in [1.82, 2.24) is 5.32 Å². The summed E-state index contributed by atoms with van der Waals surface area (Å²) in [6, 6.07) is 5.20. The van der Waals surface area contributed by atoms with Crippen LogP contribution in [0, 0.1) is 5.92 Å². The molecule has 0 saturated heterocycles. The van der Waals surface area contributed by atoms with Crippen molar-refractivity contribution in [1.29, 1.82) is 0 Å². The van der Waals surface area contributed by atoms with Crippen LogP contribution in [0.15, 0.2) is 18.2 Å². The Morgan fingerprint density at radius 2 is 2.10 bits per heavy atom. The molecule has 0 radical (unpaired) electrons. The van der Waals surface area contributed by atoms with Crippen molar-refractivity contribution >= 4 is 29.1 Å². The van der Waals surface area contributed by atoms with Crippen molar-refractivity contribution in [2.45, 2.75) is 38.6 Å². The fourth-order valence-electron chi connectivity index (χ4n) is 2.51. The number of carbonyl (C=O) groups excluding carboxylic acids is 1. The fraction of sp³-hybridized carbons (Fsp3) is 0.533. The quantitative estimate of drug-likeness (QED) is 0.909. The van der Waals surface area contributed by atoms with Gasteiger partial charge in [-0.1, -0.05) is 43.0 Å². The van der Waals surface area contributed by atoms with E-state index in [0.717, 1.165) is 6.42 Å². The molecule has 1 N–H and O–H groups in total. The van der Waals surface area contributed by atoms with E-state index in [1.54, 1.807) is 18.2 Å². The Bertz CT molecular complexity index is 479. The van der Waals surface area contributed by atoms with Crippen LogP contribution in [0.25, 0.3) is 0 Å². The number of carbonyl (C=O) groups is 1. The van der Waals surface area contributed by atoms with Crippen LogP contribution in [0.2, 0.25) is 10.0 Å². The molecule has 2 rings (SSSR count). The predicted octanol–water partition coefficient (Wildman–Crippen LogP) is 4.07. The SMILES string of the molecule is C[C@@H]1CCCC[C@@H]1NC(=O)COc1cc(Cl)ccc1Cl. The minimum Gasteiger partial charge on any atom is -0.482 e. The molecule has 1 saturated carbocycles. The molecule has 1 fully saturated rings. The van der Waals surface area contributed by atoms with E-state index in [1.165, 1.54) is 19.3 Å². The molecule has 0 unspecified atom stereocenters. The van der Waals surface area contributed by atoms with Crippen molar-refractivity contribution in [2.75, 3.05) is 6.61 Å². The Labute approximate surface area is 129 Å². The zero-order valence-electron chi connectivity index (χ0n) is 11.5. The molecule has 0 aliphatic heterocycles. The summed E-state index contributed by atoms with van der Waals surface area (Å²) >= 11 is 11.8. The Kier molecular flexibility index (Phi) is 5.55. The number of halogens is 2. The number of ether oxygens (including phenoxy) is 1. The van der Waals surface area contributed by atoms with Crippen molar-refractivity contribution in [3.8, 4) is 5.75 Å². The lowest BCUT2D eigenvalue weighted by Crippen LogP contribution is -2.43. The summed E-state index contributed by atoms with van der Waals surface area (Å²) < 4.78 is 5.43. The van der Waals surface area contributed by atoms with E-state index in [1.807, 2.05) is 0 Å². The van der Waals surface area contributed by atoms with Gasteiger partial charge in [-0.15, -0.1) is 0 Å². The van der Waals surface area contributed by atoms with Gasteiger partial charge < -0.3 is 10.1 Å². The zero-order chi connectivity index (χ0) is 14.5. The maximum Gasteiger partial charge on any atom is 0.258 e. The predicted molar refractivity (Wildman–Crippen MR) is 81.5 cm³/mol. The number of benzene rings is 1. The van der Waals surface area contributed by atoms with E-state index in [-0.39, 0.29) is 18.6 Å². The molecule has 5 heteroatoms. The summed E-state index contributed by atoms with van der Waals surface area (Å²) in [6.07, 6.45) is 4.65. The van der Waals surface area contributed by atoms with Gasteiger partial charge in [0.25, 0.3) is 5.91 Å². The summed E-state index contributed by atoms with van der Waals surface area (Å²) in [6.45, 7) is 2.14. The van der Waals surface area contributed by atoms with Gasteiger partial charge in [-0.3, -0.25) is 4.79 Å². The van der Waals surface area contributed by atoms with Crippen LogP contribution in [0.3, 0.4) is 0 Å². The van der Waals surface area contributed by atoms with Crippen LogP contribution in [-0.4, -0.2) is 18.6 Å². The maximum atomic E-state index is 11.9. The molecule has 0 heterocycles. The Morgan fingerprint density at radius 1 is 1.35 bits per heavy atom. The summed E-state index contributed by atoms with van der Waals surface area (Å²) in [5, 5.41) is 4.02. The van der Waals surface area contributed by atoms with Crippen molar-refractivity contribution in [3.05, 3.63) is 28.2 Å². The van der Waals surface area contributed by atoms with E-state index in [0.29, 0.717) is 21.7 Å². The van der Waals surface area contributed by atoms with Gasteiger partial charge in [-0.05, 0) is 30.9 Å². The Morgan fingerprint density at radius 3 is 2.85 bits per heavy atom. The van der Waals surface area contributed by atoms with Crippen LogP contribution < -0.4 is 10.1 Å². The van der Waals surface area contributed by atoms with Crippen LogP contribution in [0.1, 0.15) is 32.6 Å². The minimum absolute atomic E-state index is 0.0384. The third-order valence-electron chi connectivity index (χ3n) is 3.71. The topological polar surface area (TPSA) is 38.3 Å². The largest absolute Gasteiger partial charge is 0.482 e. The van der Waals surface area contributed by atoms with Crippen molar-refractivity contribution in [3.63, 3.8) is 0 Å². The molecule has 1 aromatic carbocycles. The van der Waals surface area contributed by atoms with Gasteiger partial charge >= 0.3 is 0 Å². The summed E-state index contributed by atoms with van der Waals surface area (Å²) in [5.74, 6) is 0.855. The second-order valence-electron chi connectivity index (χ2n) is 5.30. The lowest BCUT2D eigenvalue weighted by molar-refractivity contribution is -0.124. The first kappa shape index (κ1) is 15.5. The van der Waals surface area contributed by atoms with Crippen LogP contribution in [0.4, 0.5) is 0 Å². The number of rotatable bonds is 4. The third-order valence-corrected chi connectivity index (χ3v) is 4.26. The molecule has 1 aliphatic carbocycles. The number of nitrogens with one attached hydrogen (secondary N) is 1. The summed E-state index contributed by atoms with van der Waals surface area (Å²) in [7, 11) is 0. The van der Waals surface area contributed by atoms with Gasteiger partial charge in [0.05, 0.1) is 5.02 Å². The standard InChI is InChI=1S/C15H19Cl2NO2/c1-10-4-2-3-5-13(10)18-15(19)9-20-14-8-11(16)6-7-12(14)17/h6-8,10,13H,2-5,9H2,1H3,(H,18,19)/t10-,13+/m1/s1. The highest BCUT2D eigenvalue weighted by Crippen LogP contribution is 2.27. The van der Waals surface area contributed by atoms with E-state index >= 15 is 0 Å². The normalized spacial score (nSPS) is 22.4. The molecule has 0 spiro atoms. The third kappa shape index (κ3) is 4.29. The van der Waals surface area contributed by atoms with Gasteiger partial charge in [-0.25, -0.2) is 0 Å². The first-order valence-corrected chi connectivity index (χ1v) is 7.69. The average molecular weight is 316 g/mol. The van der Waals surface area contributed by atoms with E-state index in [9.17, 15) is 4.79 Å². The molecule has 1 amide bonds. The first-order valence-electron chi connectivity index (χ1n) is 6.93. The van der Waals surface area contributed by atoms with Crippen LogP contribution >= 0.6 is 23.2 Å². The molecule has 20 heavy (non-hydrogen) atoms. The smallest absolute Gasteiger partial charge is 0.258 e. The monoisotopic (exact) mass is 315 g/mol. The summed E-state index contributed by atoms with van der Waals surface area (Å²) in [5.41, 5.74) is 0. The lowest BCUT2D eigenvalue weighted by atomic mass is 9.86. The van der Waals surface area contributed by atoms with Gasteiger partial charge in [-0.2, -0.15) is 0 Å². The maximum absolute atomic E-state index is 11.9. The molecular weight excluding hydrogens is 297 g/mol.